The predicted molar refractivity (Wildman–Crippen MR) is 146 cm³/mol. The van der Waals surface area contributed by atoms with E-state index in [0.29, 0.717) is 22.9 Å². The number of amides is 1. The third-order valence-corrected chi connectivity index (χ3v) is 8.51. The largest absolute Gasteiger partial charge is 1.00 e. The molecule has 2 bridgehead atoms. The summed E-state index contributed by atoms with van der Waals surface area (Å²) in [4.78, 5) is 18.1. The van der Waals surface area contributed by atoms with Gasteiger partial charge >= 0.3 is 0 Å². The molecule has 3 aliphatic rings. The van der Waals surface area contributed by atoms with Gasteiger partial charge < -0.3 is 31.9 Å². The fourth-order valence-electron chi connectivity index (χ4n) is 6.69. The van der Waals surface area contributed by atoms with Gasteiger partial charge in [-0.1, -0.05) is 63.2 Å². The van der Waals surface area contributed by atoms with Crippen LogP contribution in [-0.4, -0.2) is 46.2 Å². The molecular weight excluding hydrogens is 526 g/mol. The molecule has 196 valence electrons. The highest BCUT2D eigenvalue weighted by atomic mass is 79.9. The fourth-order valence-corrected chi connectivity index (χ4v) is 6.69. The van der Waals surface area contributed by atoms with Gasteiger partial charge in [-0.05, 0) is 40.7 Å². The number of nitrogens with one attached hydrogen (secondary N) is 1. The Bertz CT molecular complexity index is 1280. The number of nitrogens with zero attached hydrogens (tertiary/aromatic N) is 2. The Morgan fingerprint density at radius 3 is 2.68 bits per heavy atom. The Morgan fingerprint density at radius 1 is 1.19 bits per heavy atom. The molecule has 0 spiro atoms. The fraction of sp³-hybridized carbons (Fsp3) is 0.419. The number of quaternary nitrogens is 1. The topological polar surface area (TPSA) is 62.2 Å². The number of hydrogen-bond donors (Lipinski definition) is 2. The second kappa shape index (κ2) is 10.7. The molecule has 2 N–H and O–H groups in total. The summed E-state index contributed by atoms with van der Waals surface area (Å²) in [5, 5.41) is 16.1. The van der Waals surface area contributed by atoms with Crippen LogP contribution >= 0.6 is 0 Å². The molecule has 3 saturated heterocycles. The van der Waals surface area contributed by atoms with Gasteiger partial charge in [0, 0.05) is 36.0 Å². The number of carbonyl (C=O) groups excluding carboxylic acids is 1. The average molecular weight is 565 g/mol. The van der Waals surface area contributed by atoms with Gasteiger partial charge in [-0.15, -0.1) is 6.58 Å². The van der Waals surface area contributed by atoms with Crippen LogP contribution in [0.2, 0.25) is 0 Å². The number of rotatable bonds is 6. The second-order valence-electron chi connectivity index (χ2n) is 11.7. The Labute approximate surface area is 231 Å². The van der Waals surface area contributed by atoms with Crippen LogP contribution in [0.3, 0.4) is 0 Å². The number of aliphatic hydroxyl groups excluding tert-OH is 1. The van der Waals surface area contributed by atoms with Gasteiger partial charge in [0.05, 0.1) is 18.6 Å². The maximum Gasteiger partial charge on any atom is 0.279 e. The van der Waals surface area contributed by atoms with E-state index in [4.69, 9.17) is 0 Å². The van der Waals surface area contributed by atoms with E-state index in [0.717, 1.165) is 53.6 Å². The lowest BCUT2D eigenvalue weighted by atomic mass is 9.71. The molecule has 0 aliphatic carbocycles. The van der Waals surface area contributed by atoms with Gasteiger partial charge in [0.25, 0.3) is 5.91 Å². The van der Waals surface area contributed by atoms with Crippen LogP contribution in [0.5, 0.6) is 0 Å². The van der Waals surface area contributed by atoms with E-state index in [2.05, 4.69) is 49.8 Å². The number of hydrogen-bond acceptors (Lipinski definition) is 3. The van der Waals surface area contributed by atoms with Crippen LogP contribution in [0.4, 0.5) is 5.69 Å². The summed E-state index contributed by atoms with van der Waals surface area (Å²) in [5.41, 5.74) is 3.72. The third kappa shape index (κ3) is 5.25. The third-order valence-electron chi connectivity index (χ3n) is 8.51. The van der Waals surface area contributed by atoms with Crippen LogP contribution in [0.1, 0.15) is 50.8 Å². The number of aromatic nitrogens is 1. The van der Waals surface area contributed by atoms with E-state index in [1.54, 1.807) is 6.20 Å². The van der Waals surface area contributed by atoms with Crippen molar-refractivity contribution >= 4 is 22.5 Å². The van der Waals surface area contributed by atoms with Gasteiger partial charge in [-0.3, -0.25) is 9.78 Å². The maximum absolute atomic E-state index is 13.6. The molecule has 37 heavy (non-hydrogen) atoms. The minimum Gasteiger partial charge on any atom is -1.00 e. The molecule has 6 rings (SSSR count). The Balaban J connectivity index is 0.00000320. The summed E-state index contributed by atoms with van der Waals surface area (Å²) in [6.07, 6.45) is 5.13. The molecule has 3 aromatic rings. The smallest absolute Gasteiger partial charge is 0.279 e. The van der Waals surface area contributed by atoms with Crippen LogP contribution in [0.15, 0.2) is 73.4 Å². The molecule has 1 amide bonds. The number of anilines is 1. The molecule has 3 aliphatic heterocycles. The first kappa shape index (κ1) is 27.5. The first-order valence-corrected chi connectivity index (χ1v) is 13.1. The van der Waals surface area contributed by atoms with Crippen LogP contribution in [-0.2, 0) is 10.2 Å². The van der Waals surface area contributed by atoms with Gasteiger partial charge in [0.15, 0.2) is 6.54 Å². The molecule has 2 aromatic carbocycles. The number of halogens is 1. The number of piperidine rings is 3. The SMILES string of the molecule is C=C[C@H]1C[N@+]2(CC(=O)Nc3ccccc3C(C)(C)C)CC[C@H]1C[C@@H]2[C@@H](O)c1ccnc2ccccc12.[Br-]. The van der Waals surface area contributed by atoms with E-state index in [9.17, 15) is 9.90 Å². The highest BCUT2D eigenvalue weighted by Gasteiger charge is 2.54. The summed E-state index contributed by atoms with van der Waals surface area (Å²) < 4.78 is 0.592. The molecule has 1 aromatic heterocycles. The zero-order chi connectivity index (χ0) is 25.5. The van der Waals surface area contributed by atoms with Crippen LogP contribution in [0, 0.1) is 11.8 Å². The van der Waals surface area contributed by atoms with Gasteiger partial charge in [-0.25, -0.2) is 0 Å². The summed E-state index contributed by atoms with van der Waals surface area (Å²) in [6, 6.07) is 17.9. The van der Waals surface area contributed by atoms with Gasteiger partial charge in [0.2, 0.25) is 0 Å². The summed E-state index contributed by atoms with van der Waals surface area (Å²) in [7, 11) is 0. The summed E-state index contributed by atoms with van der Waals surface area (Å²) in [5.74, 6) is 0.873. The minimum absolute atomic E-state index is 0. The highest BCUT2D eigenvalue weighted by Crippen LogP contribution is 2.47. The van der Waals surface area contributed by atoms with Crippen molar-refractivity contribution in [3.05, 3.63) is 84.6 Å². The number of para-hydroxylation sites is 2. The Hall–Kier alpha value is -2.54. The highest BCUT2D eigenvalue weighted by molar-refractivity contribution is 5.92. The van der Waals surface area contributed by atoms with E-state index >= 15 is 0 Å². The van der Waals surface area contributed by atoms with E-state index in [1.165, 1.54) is 0 Å². The van der Waals surface area contributed by atoms with Crippen molar-refractivity contribution in [2.45, 2.75) is 51.2 Å². The molecule has 5 nitrogen and oxygen atoms in total. The molecule has 5 atom stereocenters. The monoisotopic (exact) mass is 563 g/mol. The number of carbonyl (C=O) groups is 1. The number of aliphatic hydroxyl groups is 1. The first-order chi connectivity index (χ1) is 17.2. The Morgan fingerprint density at radius 2 is 1.92 bits per heavy atom. The number of fused-ring (bicyclic) bond motifs is 4. The van der Waals surface area contributed by atoms with Crippen molar-refractivity contribution in [1.29, 1.82) is 0 Å². The van der Waals surface area contributed by atoms with Gasteiger partial charge in [-0.2, -0.15) is 0 Å². The van der Waals surface area contributed by atoms with E-state index in [1.807, 2.05) is 48.5 Å². The van der Waals surface area contributed by atoms with Crippen molar-refractivity contribution in [2.75, 3.05) is 25.0 Å². The van der Waals surface area contributed by atoms with Crippen LogP contribution in [0.25, 0.3) is 10.9 Å². The van der Waals surface area contributed by atoms with Crippen molar-refractivity contribution in [3.8, 4) is 0 Å². The lowest BCUT2D eigenvalue weighted by molar-refractivity contribution is -0.966. The van der Waals surface area contributed by atoms with Crippen LogP contribution < -0.4 is 22.3 Å². The molecule has 0 unspecified atom stereocenters. The van der Waals surface area contributed by atoms with Crippen molar-refractivity contribution in [3.63, 3.8) is 0 Å². The normalized spacial score (nSPS) is 25.8. The molecule has 0 saturated carbocycles. The quantitative estimate of drug-likeness (QED) is 0.358. The molecular formula is C31H38BrN3O2. The molecule has 3 fully saturated rings. The molecule has 0 radical (unpaired) electrons. The first-order valence-electron chi connectivity index (χ1n) is 13.1. The predicted octanol–water partition coefficient (Wildman–Crippen LogP) is 2.62. The van der Waals surface area contributed by atoms with Crippen molar-refractivity contribution in [1.82, 2.24) is 4.98 Å². The zero-order valence-electron chi connectivity index (χ0n) is 22.0. The number of benzene rings is 2. The van der Waals surface area contributed by atoms with Crippen molar-refractivity contribution < 1.29 is 31.4 Å². The summed E-state index contributed by atoms with van der Waals surface area (Å²) in [6.45, 7) is 12.7. The van der Waals surface area contributed by atoms with Crippen molar-refractivity contribution in [2.24, 2.45) is 11.8 Å². The summed E-state index contributed by atoms with van der Waals surface area (Å²) >= 11 is 0. The Kier molecular flexibility index (Phi) is 7.93. The molecule has 6 heteroatoms. The second-order valence-corrected chi connectivity index (χ2v) is 11.7. The lowest BCUT2D eigenvalue weighted by Gasteiger charge is -2.57. The lowest BCUT2D eigenvalue weighted by Crippen LogP contribution is -3.00. The van der Waals surface area contributed by atoms with E-state index < -0.39 is 6.10 Å². The number of pyridine rings is 1. The standard InChI is InChI=1S/C31H37N3O2.BrH/c1-5-21-19-34(20-29(35)33-27-13-9-7-11-25(27)31(2,3)4)17-15-22(21)18-28(34)30(36)24-14-16-32-26-12-8-6-10-23(24)26;/h5-14,16,21-22,28,30,36H,1,15,17-20H2,2-4H3;1H/t21-,22-,28+,30-,34-;/m0./s1. The minimum atomic E-state index is -0.666. The average Bonchev–Trinajstić information content (AvgIpc) is 2.87. The zero-order valence-corrected chi connectivity index (χ0v) is 23.6. The van der Waals surface area contributed by atoms with E-state index in [-0.39, 0.29) is 34.3 Å². The maximum atomic E-state index is 13.6. The molecule has 4 heterocycles. The van der Waals surface area contributed by atoms with Gasteiger partial charge in [0.1, 0.15) is 12.1 Å².